The molecule has 0 saturated heterocycles. The number of carbonyl (C=O) groups is 3. The number of rotatable bonds is 8. The average molecular weight is 437 g/mol. The van der Waals surface area contributed by atoms with E-state index in [4.69, 9.17) is 9.47 Å². The molecule has 1 fully saturated rings. The summed E-state index contributed by atoms with van der Waals surface area (Å²) in [6.45, 7) is 2.89. The topological polar surface area (TPSA) is 110 Å². The first-order chi connectivity index (χ1) is 15.5. The molecule has 3 rings (SSSR count). The van der Waals surface area contributed by atoms with Gasteiger partial charge in [0.2, 0.25) is 0 Å². The minimum atomic E-state index is -0.739. The van der Waals surface area contributed by atoms with Crippen molar-refractivity contribution in [2.24, 2.45) is 0 Å². The predicted molar refractivity (Wildman–Crippen MR) is 118 cm³/mol. The molecule has 0 radical (unpaired) electrons. The van der Waals surface area contributed by atoms with Crippen LogP contribution in [0, 0.1) is 25.2 Å². The number of benzene rings is 1. The second-order valence-corrected chi connectivity index (χ2v) is 7.86. The van der Waals surface area contributed by atoms with Crippen LogP contribution < -0.4 is 10.1 Å². The summed E-state index contributed by atoms with van der Waals surface area (Å²) in [4.78, 5) is 35.5. The minimum Gasteiger partial charge on any atom is -0.481 e. The summed E-state index contributed by atoms with van der Waals surface area (Å²) in [6.07, 6.45) is 6.04. The minimum absolute atomic E-state index is 0.230. The highest BCUT2D eigenvalue weighted by Gasteiger charge is 2.26. The number of esters is 1. The molecule has 0 bridgehead atoms. The molecule has 1 aromatic carbocycles. The van der Waals surface area contributed by atoms with E-state index in [-0.39, 0.29) is 11.8 Å². The molecule has 0 unspecified atom stereocenters. The average Bonchev–Trinajstić information content (AvgIpc) is 3.05. The normalized spacial score (nSPS) is 13.8. The summed E-state index contributed by atoms with van der Waals surface area (Å²) in [5.41, 5.74) is 2.55. The summed E-state index contributed by atoms with van der Waals surface area (Å²) in [7, 11) is 0. The number of anilines is 1. The number of amides is 1. The van der Waals surface area contributed by atoms with Gasteiger partial charge in [0.1, 0.15) is 17.6 Å². The molecule has 32 heavy (non-hydrogen) atoms. The van der Waals surface area contributed by atoms with Crippen molar-refractivity contribution in [1.82, 2.24) is 4.57 Å². The zero-order chi connectivity index (χ0) is 23.1. The standard InChI is InChI=1S/C24H27N3O5/c1-16-17(2)27(19-9-4-3-5-10-19)24(20(16)12-25)26-22(29)14-32-23(30)15-31-21-11-7-6-8-18(21)13-28/h6-8,11,13,19H,3-5,9-10,14-15H2,1-2H3,(H,26,29). The second kappa shape index (κ2) is 10.6. The van der Waals surface area contributed by atoms with E-state index in [0.29, 0.717) is 23.2 Å². The van der Waals surface area contributed by atoms with E-state index in [1.54, 1.807) is 24.3 Å². The van der Waals surface area contributed by atoms with Crippen LogP contribution in [0.4, 0.5) is 5.82 Å². The first-order valence-corrected chi connectivity index (χ1v) is 10.7. The van der Waals surface area contributed by atoms with Crippen molar-refractivity contribution in [2.45, 2.75) is 52.0 Å². The molecule has 1 saturated carbocycles. The molecule has 1 aliphatic carbocycles. The highest BCUT2D eigenvalue weighted by atomic mass is 16.6. The smallest absolute Gasteiger partial charge is 0.344 e. The maximum Gasteiger partial charge on any atom is 0.344 e. The first-order valence-electron chi connectivity index (χ1n) is 10.7. The van der Waals surface area contributed by atoms with E-state index in [1.165, 1.54) is 6.42 Å². The van der Waals surface area contributed by atoms with Crippen LogP contribution in [0.15, 0.2) is 24.3 Å². The SMILES string of the molecule is Cc1c(C#N)c(NC(=O)COC(=O)COc2ccccc2C=O)n(C2CCCCC2)c1C. The molecule has 1 N–H and O–H groups in total. The number of para-hydroxylation sites is 1. The van der Waals surface area contributed by atoms with E-state index in [2.05, 4.69) is 11.4 Å². The molecule has 8 nitrogen and oxygen atoms in total. The summed E-state index contributed by atoms with van der Waals surface area (Å²) >= 11 is 0. The molecule has 0 spiro atoms. The number of carbonyl (C=O) groups excluding carboxylic acids is 3. The Bertz CT molecular complexity index is 1040. The maximum atomic E-state index is 12.5. The van der Waals surface area contributed by atoms with Gasteiger partial charge in [0.15, 0.2) is 19.5 Å². The summed E-state index contributed by atoms with van der Waals surface area (Å²) in [6, 6.07) is 8.92. The number of ether oxygens (including phenoxy) is 2. The van der Waals surface area contributed by atoms with Crippen molar-refractivity contribution in [3.8, 4) is 11.8 Å². The van der Waals surface area contributed by atoms with Gasteiger partial charge in [0, 0.05) is 11.7 Å². The summed E-state index contributed by atoms with van der Waals surface area (Å²) < 4.78 is 12.4. The van der Waals surface area contributed by atoms with E-state index < -0.39 is 25.1 Å². The van der Waals surface area contributed by atoms with Gasteiger partial charge in [-0.1, -0.05) is 31.4 Å². The number of hydrogen-bond donors (Lipinski definition) is 1. The van der Waals surface area contributed by atoms with Gasteiger partial charge >= 0.3 is 5.97 Å². The molecule has 1 heterocycles. The molecule has 1 aromatic heterocycles. The van der Waals surface area contributed by atoms with Crippen LogP contribution in [0.5, 0.6) is 5.75 Å². The second-order valence-electron chi connectivity index (χ2n) is 7.86. The third-order valence-electron chi connectivity index (χ3n) is 5.82. The Morgan fingerprint density at radius 3 is 2.59 bits per heavy atom. The van der Waals surface area contributed by atoms with Gasteiger partial charge in [-0.3, -0.25) is 9.59 Å². The van der Waals surface area contributed by atoms with Crippen molar-refractivity contribution >= 4 is 24.0 Å². The van der Waals surface area contributed by atoms with E-state index in [1.807, 2.05) is 18.4 Å². The Kier molecular flexibility index (Phi) is 7.66. The number of nitriles is 1. The summed E-state index contributed by atoms with van der Waals surface area (Å²) in [5.74, 6) is -0.542. The lowest BCUT2D eigenvalue weighted by atomic mass is 9.95. The number of nitrogens with zero attached hydrogens (tertiary/aromatic N) is 2. The van der Waals surface area contributed by atoms with Crippen molar-refractivity contribution < 1.29 is 23.9 Å². The van der Waals surface area contributed by atoms with Crippen LogP contribution >= 0.6 is 0 Å². The molecule has 8 heteroatoms. The van der Waals surface area contributed by atoms with Crippen LogP contribution in [0.2, 0.25) is 0 Å². The van der Waals surface area contributed by atoms with E-state index >= 15 is 0 Å². The number of aromatic nitrogens is 1. The van der Waals surface area contributed by atoms with Gasteiger partial charge in [-0.25, -0.2) is 4.79 Å². The Hall–Kier alpha value is -3.60. The molecular formula is C24H27N3O5. The predicted octanol–water partition coefficient (Wildman–Crippen LogP) is 3.86. The van der Waals surface area contributed by atoms with Crippen LogP contribution in [-0.2, 0) is 14.3 Å². The zero-order valence-corrected chi connectivity index (χ0v) is 18.3. The molecule has 0 atom stereocenters. The molecule has 1 aliphatic rings. The molecule has 2 aromatic rings. The summed E-state index contributed by atoms with van der Waals surface area (Å²) in [5, 5.41) is 12.4. The van der Waals surface area contributed by atoms with E-state index in [0.717, 1.165) is 36.9 Å². The van der Waals surface area contributed by atoms with Crippen LogP contribution in [-0.4, -0.2) is 35.9 Å². The zero-order valence-electron chi connectivity index (χ0n) is 18.3. The van der Waals surface area contributed by atoms with Gasteiger partial charge in [-0.15, -0.1) is 0 Å². The van der Waals surface area contributed by atoms with E-state index in [9.17, 15) is 19.6 Å². The van der Waals surface area contributed by atoms with Gasteiger partial charge < -0.3 is 19.4 Å². The highest BCUT2D eigenvalue weighted by molar-refractivity contribution is 5.94. The largest absolute Gasteiger partial charge is 0.481 e. The van der Waals surface area contributed by atoms with Gasteiger partial charge in [0.25, 0.3) is 5.91 Å². The van der Waals surface area contributed by atoms with Crippen LogP contribution in [0.3, 0.4) is 0 Å². The Labute approximate surface area is 187 Å². The monoisotopic (exact) mass is 437 g/mol. The number of nitrogens with one attached hydrogen (secondary N) is 1. The lowest BCUT2D eigenvalue weighted by molar-refractivity contribution is -0.149. The van der Waals surface area contributed by atoms with Crippen LogP contribution in [0.25, 0.3) is 0 Å². The number of hydrogen-bond acceptors (Lipinski definition) is 6. The van der Waals surface area contributed by atoms with Gasteiger partial charge in [0.05, 0.1) is 11.1 Å². The highest BCUT2D eigenvalue weighted by Crippen LogP contribution is 2.36. The Morgan fingerprint density at radius 1 is 1.19 bits per heavy atom. The Morgan fingerprint density at radius 2 is 1.91 bits per heavy atom. The van der Waals surface area contributed by atoms with Crippen molar-refractivity contribution in [2.75, 3.05) is 18.5 Å². The first kappa shape index (κ1) is 23.1. The van der Waals surface area contributed by atoms with Gasteiger partial charge in [-0.05, 0) is 44.4 Å². The van der Waals surface area contributed by atoms with Crippen LogP contribution in [0.1, 0.15) is 65.3 Å². The number of aldehydes is 1. The maximum absolute atomic E-state index is 12.5. The third-order valence-corrected chi connectivity index (χ3v) is 5.82. The van der Waals surface area contributed by atoms with Crippen molar-refractivity contribution in [3.63, 3.8) is 0 Å². The quantitative estimate of drug-likeness (QED) is 0.496. The molecular weight excluding hydrogens is 410 g/mol. The lowest BCUT2D eigenvalue weighted by Gasteiger charge is -2.27. The molecule has 168 valence electrons. The lowest BCUT2D eigenvalue weighted by Crippen LogP contribution is -2.26. The van der Waals surface area contributed by atoms with Gasteiger partial charge in [-0.2, -0.15) is 5.26 Å². The molecule has 0 aliphatic heterocycles. The fraction of sp³-hybridized carbons (Fsp3) is 0.417. The van der Waals surface area contributed by atoms with Crippen molar-refractivity contribution in [1.29, 1.82) is 5.26 Å². The fourth-order valence-corrected chi connectivity index (χ4v) is 4.08. The fourth-order valence-electron chi connectivity index (χ4n) is 4.08. The Balaban J connectivity index is 1.62. The molecule has 1 amide bonds. The van der Waals surface area contributed by atoms with Crippen molar-refractivity contribution in [3.05, 3.63) is 46.6 Å². The third kappa shape index (κ3) is 5.17.